The molecule has 0 aliphatic heterocycles. The number of benzene rings is 1. The number of aryl methyl sites for hydroxylation is 1. The fourth-order valence-electron chi connectivity index (χ4n) is 1.95. The monoisotopic (exact) mass is 318 g/mol. The molecule has 0 aliphatic rings. The van der Waals surface area contributed by atoms with Crippen LogP contribution in [0.3, 0.4) is 0 Å². The maximum atomic E-state index is 12.1. The minimum atomic E-state index is -0.233. The first-order chi connectivity index (χ1) is 10.2. The Balaban J connectivity index is 1.81. The van der Waals surface area contributed by atoms with E-state index in [2.05, 4.69) is 10.3 Å². The highest BCUT2D eigenvalue weighted by atomic mass is 32.2. The smallest absolute Gasteiger partial charge is 0.291 e. The first-order valence-corrected chi connectivity index (χ1v) is 8.58. The first-order valence-electron chi connectivity index (χ1n) is 6.54. The molecule has 3 rings (SSSR count). The summed E-state index contributed by atoms with van der Waals surface area (Å²) in [4.78, 5) is 16.6. The third kappa shape index (κ3) is 2.96. The van der Waals surface area contributed by atoms with E-state index in [1.165, 1.54) is 0 Å². The maximum Gasteiger partial charge on any atom is 0.291 e. The molecule has 108 valence electrons. The van der Waals surface area contributed by atoms with Gasteiger partial charge in [-0.25, -0.2) is 4.98 Å². The van der Waals surface area contributed by atoms with Gasteiger partial charge in [-0.2, -0.15) is 0 Å². The number of carbonyl (C=O) groups excluding carboxylic acids is 1. The molecular weight excluding hydrogens is 304 g/mol. The number of thioether (sulfide) groups is 1. The van der Waals surface area contributed by atoms with Gasteiger partial charge >= 0.3 is 0 Å². The molecule has 0 saturated heterocycles. The van der Waals surface area contributed by atoms with Crippen LogP contribution in [-0.4, -0.2) is 17.1 Å². The quantitative estimate of drug-likeness (QED) is 0.723. The molecule has 2 heterocycles. The Labute approximate surface area is 130 Å². The largest absolute Gasteiger partial charge is 0.456 e. The minimum Gasteiger partial charge on any atom is -0.456 e. The molecule has 6 heteroatoms. The topological polar surface area (TPSA) is 55.1 Å². The molecule has 21 heavy (non-hydrogen) atoms. The Kier molecular flexibility index (Phi) is 3.98. The van der Waals surface area contributed by atoms with Gasteiger partial charge in [-0.15, -0.1) is 11.3 Å². The average Bonchev–Trinajstić information content (AvgIpc) is 3.12. The van der Waals surface area contributed by atoms with Crippen LogP contribution in [-0.2, 0) is 6.42 Å². The van der Waals surface area contributed by atoms with Crippen LogP contribution < -0.4 is 5.32 Å². The molecule has 3 aromatic rings. The number of anilines is 1. The molecule has 0 bridgehead atoms. The molecule has 0 radical (unpaired) electrons. The first kappa shape index (κ1) is 14.2. The van der Waals surface area contributed by atoms with E-state index in [-0.39, 0.29) is 5.91 Å². The van der Waals surface area contributed by atoms with E-state index in [1.807, 2.05) is 37.4 Å². The standard InChI is InChI=1S/C15H14N2O2S2/c1-3-10-5-7-12(19-10)14(18)16-9-4-6-11-13(8-9)21-15(17-11)20-2/h4-8H,3H2,1-2H3,(H,16,18). The molecule has 1 N–H and O–H groups in total. The van der Waals surface area contributed by atoms with Crippen molar-refractivity contribution in [3.05, 3.63) is 41.9 Å². The summed E-state index contributed by atoms with van der Waals surface area (Å²) in [5.41, 5.74) is 1.70. The molecule has 0 aliphatic carbocycles. The van der Waals surface area contributed by atoms with Crippen molar-refractivity contribution in [2.75, 3.05) is 11.6 Å². The van der Waals surface area contributed by atoms with Crippen LogP contribution in [0.1, 0.15) is 23.2 Å². The molecule has 0 atom stereocenters. The molecule has 0 unspecified atom stereocenters. The van der Waals surface area contributed by atoms with Gasteiger partial charge in [0.05, 0.1) is 10.2 Å². The average molecular weight is 318 g/mol. The summed E-state index contributed by atoms with van der Waals surface area (Å²) >= 11 is 3.24. The Morgan fingerprint density at radius 2 is 2.24 bits per heavy atom. The van der Waals surface area contributed by atoms with Crippen molar-refractivity contribution in [1.29, 1.82) is 0 Å². The molecule has 1 aromatic carbocycles. The molecule has 2 aromatic heterocycles. The summed E-state index contributed by atoms with van der Waals surface area (Å²) in [5.74, 6) is 0.910. The lowest BCUT2D eigenvalue weighted by Gasteiger charge is -2.02. The van der Waals surface area contributed by atoms with Crippen LogP contribution in [0.2, 0.25) is 0 Å². The number of rotatable bonds is 4. The highest BCUT2D eigenvalue weighted by Gasteiger charge is 2.12. The Morgan fingerprint density at radius 3 is 2.95 bits per heavy atom. The molecular formula is C15H14N2O2S2. The van der Waals surface area contributed by atoms with E-state index in [0.29, 0.717) is 5.76 Å². The Hall–Kier alpha value is -1.79. The van der Waals surface area contributed by atoms with E-state index in [4.69, 9.17) is 4.42 Å². The maximum absolute atomic E-state index is 12.1. The van der Waals surface area contributed by atoms with E-state index in [0.717, 1.165) is 32.4 Å². The number of nitrogens with one attached hydrogen (secondary N) is 1. The number of furan rings is 1. The molecule has 0 fully saturated rings. The molecule has 4 nitrogen and oxygen atoms in total. The van der Waals surface area contributed by atoms with Gasteiger partial charge in [0.2, 0.25) is 0 Å². The lowest BCUT2D eigenvalue weighted by Crippen LogP contribution is -2.10. The van der Waals surface area contributed by atoms with Crippen LogP contribution in [0.5, 0.6) is 0 Å². The third-order valence-corrected chi connectivity index (χ3v) is 5.04. The van der Waals surface area contributed by atoms with Crippen LogP contribution in [0.4, 0.5) is 5.69 Å². The van der Waals surface area contributed by atoms with Crippen LogP contribution in [0, 0.1) is 0 Å². The molecule has 1 amide bonds. The van der Waals surface area contributed by atoms with Gasteiger partial charge in [0.25, 0.3) is 5.91 Å². The Morgan fingerprint density at radius 1 is 1.38 bits per heavy atom. The van der Waals surface area contributed by atoms with Gasteiger partial charge in [-0.1, -0.05) is 18.7 Å². The SMILES string of the molecule is CCc1ccc(C(=O)Nc2ccc3nc(SC)sc3c2)o1. The van der Waals surface area contributed by atoms with Crippen LogP contribution >= 0.6 is 23.1 Å². The van der Waals surface area contributed by atoms with E-state index < -0.39 is 0 Å². The second-order valence-electron chi connectivity index (χ2n) is 4.44. The number of hydrogen-bond donors (Lipinski definition) is 1. The number of nitrogens with zero attached hydrogens (tertiary/aromatic N) is 1. The zero-order valence-electron chi connectivity index (χ0n) is 11.7. The van der Waals surface area contributed by atoms with Gasteiger partial charge in [0, 0.05) is 12.1 Å². The number of fused-ring (bicyclic) bond motifs is 1. The predicted molar refractivity (Wildman–Crippen MR) is 87.4 cm³/mol. The Bertz CT molecular complexity index is 792. The molecule has 0 spiro atoms. The number of hydrogen-bond acceptors (Lipinski definition) is 5. The number of thiazole rings is 1. The van der Waals surface area contributed by atoms with Crippen molar-refractivity contribution in [2.24, 2.45) is 0 Å². The van der Waals surface area contributed by atoms with Crippen molar-refractivity contribution in [1.82, 2.24) is 4.98 Å². The second kappa shape index (κ2) is 5.91. The lowest BCUT2D eigenvalue weighted by atomic mass is 10.3. The zero-order valence-corrected chi connectivity index (χ0v) is 13.3. The molecule has 0 saturated carbocycles. The van der Waals surface area contributed by atoms with Crippen molar-refractivity contribution in [2.45, 2.75) is 17.7 Å². The third-order valence-electron chi connectivity index (χ3n) is 3.04. The van der Waals surface area contributed by atoms with Gasteiger partial charge < -0.3 is 9.73 Å². The summed E-state index contributed by atoms with van der Waals surface area (Å²) in [5, 5.41) is 2.85. The van der Waals surface area contributed by atoms with E-state index >= 15 is 0 Å². The minimum absolute atomic E-state index is 0.233. The van der Waals surface area contributed by atoms with E-state index in [1.54, 1.807) is 29.2 Å². The lowest BCUT2D eigenvalue weighted by molar-refractivity contribution is 0.0995. The van der Waals surface area contributed by atoms with E-state index in [9.17, 15) is 4.79 Å². The van der Waals surface area contributed by atoms with Crippen molar-refractivity contribution >= 4 is 44.9 Å². The van der Waals surface area contributed by atoms with Gasteiger partial charge in [0.15, 0.2) is 10.1 Å². The van der Waals surface area contributed by atoms with Gasteiger partial charge in [0.1, 0.15) is 5.76 Å². The highest BCUT2D eigenvalue weighted by Crippen LogP contribution is 2.30. The summed E-state index contributed by atoms with van der Waals surface area (Å²) in [6, 6.07) is 9.24. The predicted octanol–water partition coefficient (Wildman–Crippen LogP) is 4.43. The summed E-state index contributed by atoms with van der Waals surface area (Å²) in [7, 11) is 0. The van der Waals surface area contributed by atoms with Gasteiger partial charge in [-0.05, 0) is 36.6 Å². The number of aromatic nitrogens is 1. The fourth-order valence-corrected chi connectivity index (χ4v) is 3.48. The van der Waals surface area contributed by atoms with Crippen molar-refractivity contribution in [3.63, 3.8) is 0 Å². The van der Waals surface area contributed by atoms with Crippen molar-refractivity contribution < 1.29 is 9.21 Å². The zero-order chi connectivity index (χ0) is 14.8. The fraction of sp³-hybridized carbons (Fsp3) is 0.200. The second-order valence-corrected chi connectivity index (χ2v) is 6.52. The van der Waals surface area contributed by atoms with Gasteiger partial charge in [-0.3, -0.25) is 4.79 Å². The number of carbonyl (C=O) groups is 1. The highest BCUT2D eigenvalue weighted by molar-refractivity contribution is 8.00. The summed E-state index contributed by atoms with van der Waals surface area (Å²) < 4.78 is 7.53. The van der Waals surface area contributed by atoms with Crippen molar-refractivity contribution in [3.8, 4) is 0 Å². The summed E-state index contributed by atoms with van der Waals surface area (Å²) in [6.45, 7) is 1.99. The van der Waals surface area contributed by atoms with Crippen LogP contribution in [0.25, 0.3) is 10.2 Å². The van der Waals surface area contributed by atoms with Crippen LogP contribution in [0.15, 0.2) is 39.1 Å². The summed E-state index contributed by atoms with van der Waals surface area (Å²) in [6.07, 6.45) is 2.78. The normalized spacial score (nSPS) is 11.0. The number of amides is 1.